The van der Waals surface area contributed by atoms with E-state index in [9.17, 15) is 4.79 Å². The fraction of sp³-hybridized carbons (Fsp3) is 0.409. The highest BCUT2D eigenvalue weighted by Gasteiger charge is 2.28. The number of ether oxygens (including phenoxy) is 1. The third-order valence-electron chi connectivity index (χ3n) is 5.52. The van der Waals surface area contributed by atoms with E-state index in [1.165, 1.54) is 24.0 Å². The summed E-state index contributed by atoms with van der Waals surface area (Å²) in [5.41, 5.74) is 4.80. The lowest BCUT2D eigenvalue weighted by Crippen LogP contribution is -2.29. The number of benzene rings is 2. The number of nitrogens with one attached hydrogen (secondary N) is 1. The maximum atomic E-state index is 12.6. The summed E-state index contributed by atoms with van der Waals surface area (Å²) in [5.74, 6) is 0.752. The molecule has 4 heteroatoms. The zero-order valence-corrected chi connectivity index (χ0v) is 15.1. The molecule has 1 saturated heterocycles. The van der Waals surface area contributed by atoms with Crippen LogP contribution in [0.15, 0.2) is 48.5 Å². The van der Waals surface area contributed by atoms with Crippen LogP contribution in [0.3, 0.4) is 0 Å². The molecular weight excluding hydrogens is 324 g/mol. The first-order chi connectivity index (χ1) is 12.8. The van der Waals surface area contributed by atoms with Crippen molar-refractivity contribution < 1.29 is 9.53 Å². The number of piperidine rings is 1. The Morgan fingerprint density at radius 3 is 2.69 bits per heavy atom. The average molecular weight is 350 g/mol. The van der Waals surface area contributed by atoms with Gasteiger partial charge in [-0.15, -0.1) is 0 Å². The second-order valence-electron chi connectivity index (χ2n) is 7.25. The number of fused-ring (bicyclic) bond motifs is 1. The number of carbonyl (C=O) groups is 1. The van der Waals surface area contributed by atoms with E-state index in [0.29, 0.717) is 13.2 Å². The van der Waals surface area contributed by atoms with Crippen LogP contribution in [0.1, 0.15) is 29.5 Å². The summed E-state index contributed by atoms with van der Waals surface area (Å²) in [6, 6.07) is 16.2. The molecule has 0 radical (unpaired) electrons. The third kappa shape index (κ3) is 3.75. The van der Waals surface area contributed by atoms with Crippen LogP contribution in [-0.4, -0.2) is 25.7 Å². The number of rotatable bonds is 4. The van der Waals surface area contributed by atoms with Crippen LogP contribution < -0.4 is 10.2 Å². The number of carbonyl (C=O) groups excluding carboxylic acids is 1. The molecule has 0 unspecified atom stereocenters. The van der Waals surface area contributed by atoms with Crippen LogP contribution in [0.4, 0.5) is 10.5 Å². The summed E-state index contributed by atoms with van der Waals surface area (Å²) in [7, 11) is 0. The smallest absolute Gasteiger partial charge is 0.414 e. The zero-order valence-electron chi connectivity index (χ0n) is 15.1. The van der Waals surface area contributed by atoms with Crippen molar-refractivity contribution in [3.8, 4) is 0 Å². The minimum absolute atomic E-state index is 0.244. The van der Waals surface area contributed by atoms with Gasteiger partial charge in [-0.2, -0.15) is 0 Å². The molecule has 0 aromatic heterocycles. The molecule has 26 heavy (non-hydrogen) atoms. The Labute approximate surface area is 155 Å². The van der Waals surface area contributed by atoms with Crippen LogP contribution >= 0.6 is 0 Å². The normalized spacial score (nSPS) is 17.2. The SMILES string of the molecule is O=C(OCc1ccccc1)N1CCc2c(CC3CCNCC3)cccc21. The average Bonchev–Trinajstić information content (AvgIpc) is 3.13. The zero-order chi connectivity index (χ0) is 17.8. The van der Waals surface area contributed by atoms with Gasteiger partial charge in [0, 0.05) is 6.54 Å². The minimum atomic E-state index is -0.244. The predicted octanol–water partition coefficient (Wildman–Crippen LogP) is 3.93. The van der Waals surface area contributed by atoms with E-state index < -0.39 is 0 Å². The van der Waals surface area contributed by atoms with Crippen LogP contribution in [0, 0.1) is 5.92 Å². The topological polar surface area (TPSA) is 41.6 Å². The molecule has 1 fully saturated rings. The van der Waals surface area contributed by atoms with Gasteiger partial charge >= 0.3 is 6.09 Å². The first kappa shape index (κ1) is 17.1. The van der Waals surface area contributed by atoms with Crippen LogP contribution in [0.2, 0.25) is 0 Å². The molecule has 1 N–H and O–H groups in total. The molecule has 0 saturated carbocycles. The molecule has 4 rings (SSSR count). The van der Waals surface area contributed by atoms with Gasteiger partial charge in [-0.05, 0) is 67.4 Å². The molecule has 2 aromatic rings. The van der Waals surface area contributed by atoms with Gasteiger partial charge in [-0.25, -0.2) is 4.79 Å². The van der Waals surface area contributed by atoms with Crippen LogP contribution in [0.5, 0.6) is 0 Å². The largest absolute Gasteiger partial charge is 0.444 e. The van der Waals surface area contributed by atoms with Crippen molar-refractivity contribution in [2.24, 2.45) is 5.92 Å². The van der Waals surface area contributed by atoms with E-state index in [-0.39, 0.29) is 6.09 Å². The first-order valence-corrected chi connectivity index (χ1v) is 9.61. The molecule has 2 aromatic carbocycles. The van der Waals surface area contributed by atoms with Crippen molar-refractivity contribution >= 4 is 11.8 Å². The number of hydrogen-bond donors (Lipinski definition) is 1. The van der Waals surface area contributed by atoms with Gasteiger partial charge in [0.2, 0.25) is 0 Å². The fourth-order valence-electron chi connectivity index (χ4n) is 4.08. The fourth-order valence-corrected chi connectivity index (χ4v) is 4.08. The lowest BCUT2D eigenvalue weighted by atomic mass is 9.88. The quantitative estimate of drug-likeness (QED) is 0.908. The van der Waals surface area contributed by atoms with Crippen molar-refractivity contribution in [2.45, 2.75) is 32.3 Å². The molecular formula is C22H26N2O2. The lowest BCUT2D eigenvalue weighted by molar-refractivity contribution is 0.147. The van der Waals surface area contributed by atoms with Crippen molar-refractivity contribution in [2.75, 3.05) is 24.5 Å². The number of amides is 1. The van der Waals surface area contributed by atoms with Gasteiger partial charge < -0.3 is 10.1 Å². The summed E-state index contributed by atoms with van der Waals surface area (Å²) in [5, 5.41) is 3.43. The van der Waals surface area contributed by atoms with E-state index in [1.807, 2.05) is 30.3 Å². The number of nitrogens with zero attached hydrogens (tertiary/aromatic N) is 1. The molecule has 1 amide bonds. The molecule has 4 nitrogen and oxygen atoms in total. The Morgan fingerprint density at radius 1 is 1.08 bits per heavy atom. The van der Waals surface area contributed by atoms with E-state index in [0.717, 1.165) is 43.1 Å². The molecule has 2 heterocycles. The Bertz CT molecular complexity index is 754. The second kappa shape index (κ2) is 7.92. The molecule has 2 aliphatic rings. The van der Waals surface area contributed by atoms with Crippen molar-refractivity contribution in [3.05, 3.63) is 65.2 Å². The highest BCUT2D eigenvalue weighted by molar-refractivity contribution is 5.90. The van der Waals surface area contributed by atoms with E-state index in [4.69, 9.17) is 4.74 Å². The maximum absolute atomic E-state index is 12.6. The van der Waals surface area contributed by atoms with Crippen molar-refractivity contribution in [1.29, 1.82) is 0 Å². The highest BCUT2D eigenvalue weighted by atomic mass is 16.6. The molecule has 136 valence electrons. The number of anilines is 1. The monoisotopic (exact) mass is 350 g/mol. The third-order valence-corrected chi connectivity index (χ3v) is 5.52. The summed E-state index contributed by atoms with van der Waals surface area (Å²) >= 11 is 0. The van der Waals surface area contributed by atoms with Gasteiger partial charge in [0.25, 0.3) is 0 Å². The Kier molecular flexibility index (Phi) is 5.21. The molecule has 2 aliphatic heterocycles. The predicted molar refractivity (Wildman–Crippen MR) is 103 cm³/mol. The standard InChI is InChI=1S/C22H26N2O2/c25-22(26-16-18-5-2-1-3-6-18)24-14-11-20-19(7-4-8-21(20)24)15-17-9-12-23-13-10-17/h1-8,17,23H,9-16H2. The molecule has 0 bridgehead atoms. The molecule has 0 spiro atoms. The summed E-state index contributed by atoms with van der Waals surface area (Å²) in [6.45, 7) is 3.28. The second-order valence-corrected chi connectivity index (χ2v) is 7.25. The van der Waals surface area contributed by atoms with Gasteiger partial charge in [-0.3, -0.25) is 4.90 Å². The lowest BCUT2D eigenvalue weighted by Gasteiger charge is -2.23. The van der Waals surface area contributed by atoms with Crippen molar-refractivity contribution in [1.82, 2.24) is 5.32 Å². The molecule has 0 atom stereocenters. The van der Waals surface area contributed by atoms with E-state index >= 15 is 0 Å². The van der Waals surface area contributed by atoms with Gasteiger partial charge in [0.1, 0.15) is 6.61 Å². The van der Waals surface area contributed by atoms with E-state index in [1.54, 1.807) is 4.90 Å². The molecule has 0 aliphatic carbocycles. The van der Waals surface area contributed by atoms with Gasteiger partial charge in [0.15, 0.2) is 0 Å². The number of hydrogen-bond acceptors (Lipinski definition) is 3. The summed E-state index contributed by atoms with van der Waals surface area (Å²) in [6.07, 6.45) is 4.29. The first-order valence-electron chi connectivity index (χ1n) is 9.61. The van der Waals surface area contributed by atoms with Crippen LogP contribution in [-0.2, 0) is 24.2 Å². The van der Waals surface area contributed by atoms with Gasteiger partial charge in [-0.1, -0.05) is 42.5 Å². The summed E-state index contributed by atoms with van der Waals surface area (Å²) in [4.78, 5) is 14.4. The van der Waals surface area contributed by atoms with E-state index in [2.05, 4.69) is 23.5 Å². The van der Waals surface area contributed by atoms with Crippen molar-refractivity contribution in [3.63, 3.8) is 0 Å². The van der Waals surface area contributed by atoms with Crippen LogP contribution in [0.25, 0.3) is 0 Å². The Morgan fingerprint density at radius 2 is 1.88 bits per heavy atom. The summed E-state index contributed by atoms with van der Waals surface area (Å²) < 4.78 is 5.54. The Balaban J connectivity index is 1.43. The minimum Gasteiger partial charge on any atom is -0.444 e. The van der Waals surface area contributed by atoms with Gasteiger partial charge in [0.05, 0.1) is 5.69 Å². The highest BCUT2D eigenvalue weighted by Crippen LogP contribution is 2.33. The maximum Gasteiger partial charge on any atom is 0.414 e. The Hall–Kier alpha value is -2.33.